The van der Waals surface area contributed by atoms with Crippen molar-refractivity contribution in [3.05, 3.63) is 18.1 Å². The van der Waals surface area contributed by atoms with Gasteiger partial charge < -0.3 is 10.8 Å². The second-order valence-corrected chi connectivity index (χ2v) is 3.63. The molecule has 0 fully saturated rings. The summed E-state index contributed by atoms with van der Waals surface area (Å²) >= 11 is 1.45. The second kappa shape index (κ2) is 5.56. The number of nitrogens with zero attached hydrogens (tertiary/aromatic N) is 2. The van der Waals surface area contributed by atoms with E-state index in [0.29, 0.717) is 17.1 Å². The molecule has 5 nitrogen and oxygen atoms in total. The minimum Gasteiger partial charge on any atom is -0.396 e. The molecule has 1 rings (SSSR count). The van der Waals surface area contributed by atoms with E-state index in [0.717, 1.165) is 5.75 Å². The maximum Gasteiger partial charge on any atom is 0.144 e. The van der Waals surface area contributed by atoms with Gasteiger partial charge in [-0.3, -0.25) is 5.41 Å². The van der Waals surface area contributed by atoms with Gasteiger partial charge in [0, 0.05) is 24.8 Å². The Balaban J connectivity index is 2.69. The summed E-state index contributed by atoms with van der Waals surface area (Å²) in [5.74, 6) is 0.666. The molecule has 0 spiro atoms. The molecule has 4 N–H and O–H groups in total. The predicted molar refractivity (Wildman–Crippen MR) is 55.5 cm³/mol. The lowest BCUT2D eigenvalue weighted by atomic mass is 10.4. The van der Waals surface area contributed by atoms with Crippen LogP contribution in [0.25, 0.3) is 0 Å². The van der Waals surface area contributed by atoms with Gasteiger partial charge in [0.1, 0.15) is 16.6 Å². The molecule has 0 aromatic carbocycles. The van der Waals surface area contributed by atoms with Gasteiger partial charge in [0.05, 0.1) is 0 Å². The van der Waals surface area contributed by atoms with Crippen LogP contribution in [0, 0.1) is 5.41 Å². The molecule has 6 heteroatoms. The third-order valence-electron chi connectivity index (χ3n) is 1.46. The largest absolute Gasteiger partial charge is 0.396 e. The van der Waals surface area contributed by atoms with Crippen molar-refractivity contribution in [3.8, 4) is 0 Å². The van der Waals surface area contributed by atoms with Gasteiger partial charge >= 0.3 is 0 Å². The molecule has 0 saturated heterocycles. The fourth-order valence-electron chi connectivity index (χ4n) is 0.849. The maximum absolute atomic E-state index is 8.61. The van der Waals surface area contributed by atoms with Gasteiger partial charge in [-0.05, 0) is 6.42 Å². The highest BCUT2D eigenvalue weighted by atomic mass is 32.2. The quantitative estimate of drug-likeness (QED) is 0.281. The topological polar surface area (TPSA) is 95.9 Å². The smallest absolute Gasteiger partial charge is 0.144 e. The molecule has 0 aliphatic rings. The van der Waals surface area contributed by atoms with Gasteiger partial charge in [0.25, 0.3) is 0 Å². The Labute approximate surface area is 86.3 Å². The number of nitrogens with one attached hydrogen (secondary N) is 1. The van der Waals surface area contributed by atoms with Crippen molar-refractivity contribution in [1.82, 2.24) is 9.97 Å². The first-order chi connectivity index (χ1) is 6.75. The molecular formula is C8H12N4OS. The Morgan fingerprint density at radius 3 is 2.86 bits per heavy atom. The first kappa shape index (κ1) is 10.9. The average Bonchev–Trinajstić information content (AvgIpc) is 2.19. The van der Waals surface area contributed by atoms with Crippen molar-refractivity contribution in [1.29, 1.82) is 5.41 Å². The average molecular weight is 212 g/mol. The van der Waals surface area contributed by atoms with Crippen LogP contribution in [0.2, 0.25) is 0 Å². The zero-order valence-corrected chi connectivity index (χ0v) is 8.42. The fraction of sp³-hybridized carbons (Fsp3) is 0.375. The van der Waals surface area contributed by atoms with Gasteiger partial charge in [0.2, 0.25) is 0 Å². The van der Waals surface area contributed by atoms with E-state index in [1.54, 1.807) is 6.20 Å². The van der Waals surface area contributed by atoms with E-state index in [4.69, 9.17) is 16.2 Å². The number of nitrogens with two attached hydrogens (primary N) is 1. The zero-order valence-electron chi connectivity index (χ0n) is 7.60. The summed E-state index contributed by atoms with van der Waals surface area (Å²) in [4.78, 5) is 8.03. The molecule has 1 aromatic rings. The van der Waals surface area contributed by atoms with Gasteiger partial charge in [-0.1, -0.05) is 0 Å². The molecule has 0 atom stereocenters. The van der Waals surface area contributed by atoms with E-state index in [9.17, 15) is 0 Å². The van der Waals surface area contributed by atoms with Crippen LogP contribution < -0.4 is 5.73 Å². The minimum atomic E-state index is -0.0791. The highest BCUT2D eigenvalue weighted by Gasteiger charge is 2.07. The molecule has 1 aromatic heterocycles. The molecule has 0 amide bonds. The highest BCUT2D eigenvalue weighted by Crippen LogP contribution is 2.18. The number of nitrogen functional groups attached to an aromatic ring is 1. The van der Waals surface area contributed by atoms with Gasteiger partial charge in [-0.2, -0.15) is 0 Å². The zero-order chi connectivity index (χ0) is 10.4. The molecule has 0 aliphatic heterocycles. The van der Waals surface area contributed by atoms with Crippen LogP contribution in [0.1, 0.15) is 12.1 Å². The Bertz CT molecular complexity index is 318. The molecule has 0 unspecified atom stereocenters. The lowest BCUT2D eigenvalue weighted by molar-refractivity contribution is 0.296. The summed E-state index contributed by atoms with van der Waals surface area (Å²) in [5, 5.41) is 16.5. The fourth-order valence-corrected chi connectivity index (χ4v) is 1.75. The number of aromatic nitrogens is 2. The maximum atomic E-state index is 8.61. The predicted octanol–water partition coefficient (Wildman–Crippen LogP) is 0.235. The number of hydrogen-bond acceptors (Lipinski definition) is 5. The monoisotopic (exact) mass is 212 g/mol. The van der Waals surface area contributed by atoms with Crippen LogP contribution in [0.4, 0.5) is 0 Å². The van der Waals surface area contributed by atoms with Crippen LogP contribution >= 0.6 is 11.8 Å². The van der Waals surface area contributed by atoms with Gasteiger partial charge in [-0.15, -0.1) is 11.8 Å². The summed E-state index contributed by atoms with van der Waals surface area (Å²) in [6.07, 6.45) is 3.76. The first-order valence-electron chi connectivity index (χ1n) is 4.14. The number of aliphatic hydroxyl groups is 1. The van der Waals surface area contributed by atoms with E-state index in [1.165, 1.54) is 18.0 Å². The highest BCUT2D eigenvalue weighted by molar-refractivity contribution is 7.99. The number of thioether (sulfide) groups is 1. The standard InChI is InChI=1S/C8H12N4OS/c9-7(10)6-8(12-3-2-11-6)14-5-1-4-13/h2-3,13H,1,4-5H2,(H3,9,10). The molecule has 76 valence electrons. The van der Waals surface area contributed by atoms with E-state index < -0.39 is 0 Å². The SMILES string of the molecule is N=C(N)c1nccnc1SCCCO. The summed E-state index contributed by atoms with van der Waals surface area (Å²) < 4.78 is 0. The molecular weight excluding hydrogens is 200 g/mol. The van der Waals surface area contributed by atoms with Crippen molar-refractivity contribution in [2.75, 3.05) is 12.4 Å². The molecule has 0 saturated carbocycles. The number of hydrogen-bond donors (Lipinski definition) is 3. The third-order valence-corrected chi connectivity index (χ3v) is 2.53. The Kier molecular flexibility index (Phi) is 4.34. The van der Waals surface area contributed by atoms with E-state index in [2.05, 4.69) is 9.97 Å². The summed E-state index contributed by atoms with van der Waals surface area (Å²) in [7, 11) is 0. The third kappa shape index (κ3) is 2.97. The Morgan fingerprint density at radius 2 is 2.21 bits per heavy atom. The van der Waals surface area contributed by atoms with Crippen LogP contribution in [0.3, 0.4) is 0 Å². The van der Waals surface area contributed by atoms with Crippen molar-refractivity contribution >= 4 is 17.6 Å². The van der Waals surface area contributed by atoms with E-state index in [-0.39, 0.29) is 12.4 Å². The van der Waals surface area contributed by atoms with Crippen LogP contribution in [-0.2, 0) is 0 Å². The molecule has 0 bridgehead atoms. The van der Waals surface area contributed by atoms with Crippen molar-refractivity contribution < 1.29 is 5.11 Å². The van der Waals surface area contributed by atoms with Gasteiger partial charge in [-0.25, -0.2) is 9.97 Å². The van der Waals surface area contributed by atoms with Crippen molar-refractivity contribution in [2.24, 2.45) is 5.73 Å². The first-order valence-corrected chi connectivity index (χ1v) is 5.13. The van der Waals surface area contributed by atoms with Crippen LogP contribution in [0.15, 0.2) is 17.4 Å². The lowest BCUT2D eigenvalue weighted by Crippen LogP contribution is -2.15. The normalized spacial score (nSPS) is 10.1. The summed E-state index contributed by atoms with van der Waals surface area (Å²) in [6.45, 7) is 0.155. The Hall–Kier alpha value is -1.14. The second-order valence-electron chi connectivity index (χ2n) is 2.55. The number of aliphatic hydroxyl groups excluding tert-OH is 1. The van der Waals surface area contributed by atoms with Crippen LogP contribution in [-0.4, -0.2) is 33.3 Å². The van der Waals surface area contributed by atoms with Crippen molar-refractivity contribution in [2.45, 2.75) is 11.4 Å². The van der Waals surface area contributed by atoms with Crippen LogP contribution in [0.5, 0.6) is 0 Å². The van der Waals surface area contributed by atoms with Gasteiger partial charge in [0.15, 0.2) is 0 Å². The Morgan fingerprint density at radius 1 is 1.50 bits per heavy atom. The molecule has 14 heavy (non-hydrogen) atoms. The van der Waals surface area contributed by atoms with E-state index in [1.807, 2.05) is 0 Å². The van der Waals surface area contributed by atoms with Crippen molar-refractivity contribution in [3.63, 3.8) is 0 Å². The number of amidine groups is 1. The lowest BCUT2D eigenvalue weighted by Gasteiger charge is -2.03. The molecule has 0 aliphatic carbocycles. The summed E-state index contributed by atoms with van der Waals surface area (Å²) in [6, 6.07) is 0. The van der Waals surface area contributed by atoms with E-state index >= 15 is 0 Å². The minimum absolute atomic E-state index is 0.0791. The summed E-state index contributed by atoms with van der Waals surface area (Å²) in [5.41, 5.74) is 5.75. The molecule has 1 heterocycles. The molecule has 0 radical (unpaired) electrons. The number of rotatable bonds is 5.